The predicted molar refractivity (Wildman–Crippen MR) is 69.4 cm³/mol. The molecule has 1 unspecified atom stereocenters. The van der Waals surface area contributed by atoms with E-state index in [0.29, 0.717) is 13.1 Å². The Kier molecular flexibility index (Phi) is 4.15. The van der Waals surface area contributed by atoms with Gasteiger partial charge in [0, 0.05) is 24.3 Å². The number of aromatic nitrogens is 1. The minimum atomic E-state index is -0.0573. The number of carbonyl (C=O) groups is 1. The van der Waals surface area contributed by atoms with E-state index in [1.165, 1.54) is 0 Å². The summed E-state index contributed by atoms with van der Waals surface area (Å²) in [6.45, 7) is 2.87. The summed E-state index contributed by atoms with van der Waals surface area (Å²) >= 11 is 0. The van der Waals surface area contributed by atoms with Gasteiger partial charge in [-0.15, -0.1) is 0 Å². The summed E-state index contributed by atoms with van der Waals surface area (Å²) in [4.78, 5) is 25.6. The van der Waals surface area contributed by atoms with E-state index in [1.54, 1.807) is 6.07 Å². The molecule has 1 aliphatic rings. The number of carbonyl (C=O) groups excluding carboxylic acids is 1. The lowest BCUT2D eigenvalue weighted by Gasteiger charge is -2.25. The fraction of sp³-hybridized carbons (Fsp3) is 0.538. The minimum Gasteiger partial charge on any atom is -0.355 e. The van der Waals surface area contributed by atoms with Crippen molar-refractivity contribution in [1.82, 2.24) is 15.6 Å². The van der Waals surface area contributed by atoms with E-state index >= 15 is 0 Å². The lowest BCUT2D eigenvalue weighted by Crippen LogP contribution is -2.37. The van der Waals surface area contributed by atoms with Crippen molar-refractivity contribution in [3.8, 4) is 0 Å². The first-order valence-electron chi connectivity index (χ1n) is 6.43. The number of rotatable bonds is 4. The molecule has 1 aromatic rings. The Balaban J connectivity index is 2.04. The molecule has 0 fully saturated rings. The first-order valence-corrected chi connectivity index (χ1v) is 6.43. The second-order valence-corrected chi connectivity index (χ2v) is 4.54. The van der Waals surface area contributed by atoms with Crippen molar-refractivity contribution in [3.05, 3.63) is 33.7 Å². The molecule has 1 aromatic heterocycles. The van der Waals surface area contributed by atoms with E-state index < -0.39 is 0 Å². The van der Waals surface area contributed by atoms with Gasteiger partial charge in [0.1, 0.15) is 0 Å². The molecule has 0 spiro atoms. The number of likely N-dealkylation sites (N-methyl/N-ethyl adjacent to an activating group) is 1. The molecule has 0 aliphatic heterocycles. The minimum absolute atomic E-state index is 0.00838. The van der Waals surface area contributed by atoms with E-state index in [2.05, 4.69) is 15.6 Å². The number of aryl methyl sites for hydroxylation is 1. The van der Waals surface area contributed by atoms with Crippen LogP contribution in [0.4, 0.5) is 0 Å². The fourth-order valence-electron chi connectivity index (χ4n) is 2.39. The van der Waals surface area contributed by atoms with Crippen LogP contribution in [-0.4, -0.2) is 24.0 Å². The summed E-state index contributed by atoms with van der Waals surface area (Å²) in [6, 6.07) is 3.57. The van der Waals surface area contributed by atoms with Gasteiger partial charge in [0.2, 0.25) is 11.5 Å². The second kappa shape index (κ2) is 5.82. The Labute approximate surface area is 106 Å². The second-order valence-electron chi connectivity index (χ2n) is 4.54. The number of hydrogen-bond donors (Lipinski definition) is 3. The average Bonchev–Trinajstić information content (AvgIpc) is 2.36. The molecule has 0 aromatic carbocycles. The Bertz CT molecular complexity index is 481. The SMILES string of the molecule is CCNC(=O)CNC1CCCc2[nH]c(=O)ccc21. The number of nitrogens with one attached hydrogen (secondary N) is 3. The normalized spacial score (nSPS) is 18.2. The smallest absolute Gasteiger partial charge is 0.248 e. The zero-order valence-corrected chi connectivity index (χ0v) is 10.6. The van der Waals surface area contributed by atoms with Gasteiger partial charge in [0.05, 0.1) is 6.54 Å². The van der Waals surface area contributed by atoms with E-state index in [-0.39, 0.29) is 17.5 Å². The molecule has 1 amide bonds. The lowest BCUT2D eigenvalue weighted by atomic mass is 9.91. The number of pyridine rings is 1. The number of aromatic amines is 1. The zero-order chi connectivity index (χ0) is 13.0. The highest BCUT2D eigenvalue weighted by Gasteiger charge is 2.20. The molecular formula is C13H19N3O2. The third-order valence-corrected chi connectivity index (χ3v) is 3.21. The average molecular weight is 249 g/mol. The van der Waals surface area contributed by atoms with E-state index in [9.17, 15) is 9.59 Å². The van der Waals surface area contributed by atoms with Gasteiger partial charge in [-0.1, -0.05) is 6.07 Å². The van der Waals surface area contributed by atoms with Crippen molar-refractivity contribution in [1.29, 1.82) is 0 Å². The Morgan fingerprint density at radius 3 is 3.11 bits per heavy atom. The van der Waals surface area contributed by atoms with Crippen LogP contribution >= 0.6 is 0 Å². The monoisotopic (exact) mass is 249 g/mol. The first kappa shape index (κ1) is 12.8. The summed E-state index contributed by atoms with van der Waals surface area (Å²) < 4.78 is 0. The van der Waals surface area contributed by atoms with E-state index in [0.717, 1.165) is 30.5 Å². The van der Waals surface area contributed by atoms with Crippen molar-refractivity contribution >= 4 is 5.91 Å². The van der Waals surface area contributed by atoms with E-state index in [1.807, 2.05) is 13.0 Å². The highest BCUT2D eigenvalue weighted by Crippen LogP contribution is 2.27. The molecule has 5 heteroatoms. The maximum Gasteiger partial charge on any atom is 0.248 e. The first-order chi connectivity index (χ1) is 8.70. The van der Waals surface area contributed by atoms with Crippen LogP contribution in [-0.2, 0) is 11.2 Å². The summed E-state index contributed by atoms with van der Waals surface area (Å²) in [5, 5.41) is 6.01. The van der Waals surface area contributed by atoms with Crippen LogP contribution in [0.5, 0.6) is 0 Å². The van der Waals surface area contributed by atoms with Crippen LogP contribution in [0.15, 0.2) is 16.9 Å². The summed E-state index contributed by atoms with van der Waals surface area (Å²) in [5.41, 5.74) is 2.06. The van der Waals surface area contributed by atoms with Gasteiger partial charge in [-0.25, -0.2) is 0 Å². The number of hydrogen-bond acceptors (Lipinski definition) is 3. The summed E-state index contributed by atoms with van der Waals surface area (Å²) in [6.07, 6.45) is 2.93. The molecular weight excluding hydrogens is 230 g/mol. The maximum absolute atomic E-state index is 11.4. The standard InChI is InChI=1S/C13H19N3O2/c1-2-14-13(18)8-15-10-4-3-5-11-9(10)6-7-12(17)16-11/h6-7,10,15H,2-5,8H2,1H3,(H,14,18)(H,16,17). The number of fused-ring (bicyclic) bond motifs is 1. The summed E-state index contributed by atoms with van der Waals surface area (Å²) in [7, 11) is 0. The number of H-pyrrole nitrogens is 1. The van der Waals surface area contributed by atoms with Gasteiger partial charge < -0.3 is 15.6 Å². The largest absolute Gasteiger partial charge is 0.355 e. The molecule has 0 radical (unpaired) electrons. The molecule has 98 valence electrons. The highest BCUT2D eigenvalue weighted by molar-refractivity contribution is 5.77. The molecule has 1 atom stereocenters. The van der Waals surface area contributed by atoms with Crippen LogP contribution in [0.25, 0.3) is 0 Å². The van der Waals surface area contributed by atoms with Gasteiger partial charge in [0.25, 0.3) is 0 Å². The molecule has 1 aliphatic carbocycles. The quantitative estimate of drug-likeness (QED) is 0.726. The Morgan fingerprint density at radius 2 is 2.33 bits per heavy atom. The third kappa shape index (κ3) is 2.98. The molecule has 2 rings (SSSR count). The molecule has 5 nitrogen and oxygen atoms in total. The zero-order valence-electron chi connectivity index (χ0n) is 10.6. The van der Waals surface area contributed by atoms with Gasteiger partial charge >= 0.3 is 0 Å². The lowest BCUT2D eigenvalue weighted by molar-refractivity contribution is -0.120. The van der Waals surface area contributed by atoms with Gasteiger partial charge in [0.15, 0.2) is 0 Å². The summed E-state index contributed by atoms with van der Waals surface area (Å²) in [5.74, 6) is 0.00838. The van der Waals surface area contributed by atoms with Crippen LogP contribution < -0.4 is 16.2 Å². The van der Waals surface area contributed by atoms with E-state index in [4.69, 9.17) is 0 Å². The third-order valence-electron chi connectivity index (χ3n) is 3.21. The molecule has 1 heterocycles. The molecule has 3 N–H and O–H groups in total. The van der Waals surface area contributed by atoms with Gasteiger partial charge in [-0.2, -0.15) is 0 Å². The molecule has 0 bridgehead atoms. The molecule has 0 saturated carbocycles. The van der Waals surface area contributed by atoms with Crippen LogP contribution in [0.1, 0.15) is 37.1 Å². The van der Waals surface area contributed by atoms with Crippen molar-refractivity contribution in [3.63, 3.8) is 0 Å². The van der Waals surface area contributed by atoms with Gasteiger partial charge in [-0.05, 0) is 31.7 Å². The molecule has 0 saturated heterocycles. The van der Waals surface area contributed by atoms with Crippen molar-refractivity contribution in [2.24, 2.45) is 0 Å². The maximum atomic E-state index is 11.4. The number of amides is 1. The van der Waals surface area contributed by atoms with Crippen LogP contribution in [0, 0.1) is 0 Å². The predicted octanol–water partition coefficient (Wildman–Crippen LogP) is 0.478. The Morgan fingerprint density at radius 1 is 1.50 bits per heavy atom. The molecule has 18 heavy (non-hydrogen) atoms. The van der Waals surface area contributed by atoms with Gasteiger partial charge in [-0.3, -0.25) is 9.59 Å². The topological polar surface area (TPSA) is 74.0 Å². The Hall–Kier alpha value is -1.62. The fourth-order valence-corrected chi connectivity index (χ4v) is 2.39. The highest BCUT2D eigenvalue weighted by atomic mass is 16.2. The van der Waals surface area contributed by atoms with Crippen molar-refractivity contribution in [2.75, 3.05) is 13.1 Å². The van der Waals surface area contributed by atoms with Crippen molar-refractivity contribution < 1.29 is 4.79 Å². The van der Waals surface area contributed by atoms with Crippen LogP contribution in [0.2, 0.25) is 0 Å². The van der Waals surface area contributed by atoms with Crippen LogP contribution in [0.3, 0.4) is 0 Å². The van der Waals surface area contributed by atoms with Crippen molar-refractivity contribution in [2.45, 2.75) is 32.2 Å².